The molecule has 0 aromatic rings. The number of carbonyl (C=O) groups is 2. The molecule has 1 aliphatic heterocycles. The van der Waals surface area contributed by atoms with Crippen LogP contribution in [-0.2, 0) is 33.3 Å². The van der Waals surface area contributed by atoms with E-state index in [-0.39, 0.29) is 53.2 Å². The molecule has 5 rings (SSSR count). The minimum Gasteiger partial charge on any atom is -0.463 e. The summed E-state index contributed by atoms with van der Waals surface area (Å²) in [5.41, 5.74) is -0.954. The Kier molecular flexibility index (Phi) is 12.1. The molecule has 1 heterocycles. The topological polar surface area (TPSA) is 181 Å². The van der Waals surface area contributed by atoms with Gasteiger partial charge in [0.05, 0.1) is 17.8 Å². The van der Waals surface area contributed by atoms with E-state index in [1.165, 1.54) is 26.5 Å². The average Bonchev–Trinajstić information content (AvgIpc) is 3.44. The second-order valence-corrected chi connectivity index (χ2v) is 19.0. The van der Waals surface area contributed by atoms with Gasteiger partial charge in [-0.2, -0.15) is 0 Å². The zero-order valence-corrected chi connectivity index (χ0v) is 33.8. The van der Waals surface area contributed by atoms with Gasteiger partial charge in [0.2, 0.25) is 0 Å². The molecule has 53 heavy (non-hydrogen) atoms. The molecule has 0 unspecified atom stereocenters. The number of esters is 2. The summed E-state index contributed by atoms with van der Waals surface area (Å²) < 4.78 is 29.7. The molecule has 5 N–H and O–H groups in total. The number of aliphatic hydroxyl groups is 5. The van der Waals surface area contributed by atoms with Crippen LogP contribution >= 0.6 is 0 Å². The van der Waals surface area contributed by atoms with E-state index in [2.05, 4.69) is 47.6 Å². The van der Waals surface area contributed by atoms with Crippen molar-refractivity contribution < 1.29 is 58.8 Å². The molecule has 4 aliphatic carbocycles. The van der Waals surface area contributed by atoms with Gasteiger partial charge in [0, 0.05) is 31.8 Å². The molecule has 12 heteroatoms. The summed E-state index contributed by atoms with van der Waals surface area (Å²) in [7, 11) is 1.53. The summed E-state index contributed by atoms with van der Waals surface area (Å²) in [6, 6.07) is 0. The average molecular weight is 753 g/mol. The normalized spacial score (nSPS) is 44.0. The fourth-order valence-corrected chi connectivity index (χ4v) is 12.2. The first-order chi connectivity index (χ1) is 24.5. The van der Waals surface area contributed by atoms with Crippen molar-refractivity contribution in [3.05, 3.63) is 11.6 Å². The Morgan fingerprint density at radius 1 is 0.943 bits per heavy atom. The summed E-state index contributed by atoms with van der Waals surface area (Å²) in [5, 5.41) is 55.2. The summed E-state index contributed by atoms with van der Waals surface area (Å²) in [6.45, 7) is 19.4. The predicted molar refractivity (Wildman–Crippen MR) is 195 cm³/mol. The number of hydrogen-bond donors (Lipinski definition) is 5. The molecule has 12 nitrogen and oxygen atoms in total. The Morgan fingerprint density at radius 2 is 1.60 bits per heavy atom. The summed E-state index contributed by atoms with van der Waals surface area (Å²) in [4.78, 5) is 23.9. The Morgan fingerprint density at radius 3 is 2.21 bits per heavy atom. The maximum Gasteiger partial charge on any atom is 0.302 e. The Hall–Kier alpha value is -1.64. The molecule has 0 radical (unpaired) electrons. The summed E-state index contributed by atoms with van der Waals surface area (Å²) >= 11 is 0. The lowest BCUT2D eigenvalue weighted by molar-refractivity contribution is -0.334. The van der Waals surface area contributed by atoms with Gasteiger partial charge in [0.25, 0.3) is 0 Å². The van der Waals surface area contributed by atoms with E-state index in [4.69, 9.17) is 23.7 Å². The highest BCUT2D eigenvalue weighted by Crippen LogP contribution is 2.74. The third kappa shape index (κ3) is 7.26. The molecule has 0 spiro atoms. The molecule has 0 aromatic carbocycles. The highest BCUT2D eigenvalue weighted by atomic mass is 16.7. The number of hydrogen-bond acceptors (Lipinski definition) is 12. The van der Waals surface area contributed by atoms with E-state index in [0.29, 0.717) is 12.8 Å². The third-order valence-electron chi connectivity index (χ3n) is 15.3. The Balaban J connectivity index is 1.52. The Bertz CT molecular complexity index is 1380. The highest BCUT2D eigenvalue weighted by Gasteiger charge is 2.69. The number of ether oxygens (including phenoxy) is 5. The van der Waals surface area contributed by atoms with Gasteiger partial charge in [0.1, 0.15) is 43.2 Å². The standard InChI is InChI=1S/C41H68O12/c1-21(18-25(44)35(48)38(6,7)49-11)24-12-13-27-39(24,8)16-14-28-40(9)17-15-30(51-23(3)43)37(4,5)29(40)19-31(41(27,28)10)53-36-34(47)33(46)32(45)26(52-36)20-50-22(2)42/h13,21,24-26,28-36,44-48H,12,14-20H2,1-11H3/t21-,24-,25+,26+,28+,29-,30+,31+,32+,33-,34+,35-,36-,39-,40+,41-/m0/s1. The van der Waals surface area contributed by atoms with Gasteiger partial charge >= 0.3 is 11.9 Å². The van der Waals surface area contributed by atoms with Gasteiger partial charge in [-0.15, -0.1) is 0 Å². The molecule has 4 fully saturated rings. The minimum atomic E-state index is -1.59. The monoisotopic (exact) mass is 752 g/mol. The van der Waals surface area contributed by atoms with Crippen molar-refractivity contribution in [3.8, 4) is 0 Å². The van der Waals surface area contributed by atoms with Gasteiger partial charge in [-0.3, -0.25) is 9.59 Å². The zero-order chi connectivity index (χ0) is 39.6. The van der Waals surface area contributed by atoms with Crippen molar-refractivity contribution in [2.45, 2.75) is 175 Å². The number of aliphatic hydroxyl groups excluding tert-OH is 5. The van der Waals surface area contributed by atoms with Crippen molar-refractivity contribution in [1.82, 2.24) is 0 Å². The second-order valence-electron chi connectivity index (χ2n) is 19.0. The highest BCUT2D eigenvalue weighted by molar-refractivity contribution is 5.66. The number of methoxy groups -OCH3 is 1. The van der Waals surface area contributed by atoms with Crippen molar-refractivity contribution in [3.63, 3.8) is 0 Å². The molecule has 304 valence electrons. The lowest BCUT2D eigenvalue weighted by Gasteiger charge is -2.69. The number of fused-ring (bicyclic) bond motifs is 5. The summed E-state index contributed by atoms with van der Waals surface area (Å²) in [5.74, 6) is -0.410. The molecule has 0 amide bonds. The van der Waals surface area contributed by atoms with Crippen molar-refractivity contribution >= 4 is 11.9 Å². The molecule has 5 aliphatic rings. The lowest BCUT2D eigenvalue weighted by Crippen LogP contribution is -2.67. The molecular weight excluding hydrogens is 684 g/mol. The zero-order valence-electron chi connectivity index (χ0n) is 33.8. The Labute approximate surface area is 315 Å². The summed E-state index contributed by atoms with van der Waals surface area (Å²) in [6.07, 6.45) is -2.29. The number of allylic oxidation sites excluding steroid dienone is 1. The molecule has 3 saturated carbocycles. The van der Waals surface area contributed by atoms with Crippen LogP contribution in [0.15, 0.2) is 11.6 Å². The van der Waals surface area contributed by atoms with Crippen LogP contribution in [0.1, 0.15) is 114 Å². The predicted octanol–water partition coefficient (Wildman–Crippen LogP) is 4.06. The van der Waals surface area contributed by atoms with E-state index in [1.807, 2.05) is 0 Å². The minimum absolute atomic E-state index is 0.0612. The SMILES string of the molecule is COC(C)(C)[C@@H](O)[C@H](O)C[C@H](C)[C@@H]1CC=C2[C@@]3(C)[C@H](CC[C@]21C)[C@@]1(C)CC[C@@H](OC(C)=O)C(C)(C)[C@@H]1C[C@H]3O[C@@H]1O[C@H](COC(C)=O)[C@@H](O)[C@H](O)[C@H]1O. The van der Waals surface area contributed by atoms with E-state index < -0.39 is 71.4 Å². The van der Waals surface area contributed by atoms with Gasteiger partial charge in [-0.05, 0) is 93.3 Å². The number of carbonyl (C=O) groups excluding carboxylic acids is 2. The van der Waals surface area contributed by atoms with E-state index in [0.717, 1.165) is 32.1 Å². The maximum atomic E-state index is 12.3. The van der Waals surface area contributed by atoms with Crippen LogP contribution in [0.2, 0.25) is 0 Å². The van der Waals surface area contributed by atoms with Crippen molar-refractivity contribution in [2.24, 2.45) is 45.3 Å². The molecule has 0 bridgehead atoms. The molecule has 0 aromatic heterocycles. The van der Waals surface area contributed by atoms with Crippen LogP contribution in [0.25, 0.3) is 0 Å². The second kappa shape index (κ2) is 15.0. The lowest BCUT2D eigenvalue weighted by atomic mass is 9.37. The van der Waals surface area contributed by atoms with Gasteiger partial charge < -0.3 is 49.2 Å². The van der Waals surface area contributed by atoms with Gasteiger partial charge in [0.15, 0.2) is 6.29 Å². The fraction of sp³-hybridized carbons (Fsp3) is 0.902. The fourth-order valence-electron chi connectivity index (χ4n) is 12.2. The smallest absolute Gasteiger partial charge is 0.302 e. The maximum absolute atomic E-state index is 12.3. The van der Waals surface area contributed by atoms with Gasteiger partial charge in [-0.25, -0.2) is 0 Å². The quantitative estimate of drug-likeness (QED) is 0.116. The molecule has 16 atom stereocenters. The van der Waals surface area contributed by atoms with Crippen LogP contribution in [0.3, 0.4) is 0 Å². The van der Waals surface area contributed by atoms with Crippen LogP contribution in [0.5, 0.6) is 0 Å². The van der Waals surface area contributed by atoms with Crippen LogP contribution in [0, 0.1) is 45.3 Å². The van der Waals surface area contributed by atoms with Crippen molar-refractivity contribution in [1.29, 1.82) is 0 Å². The van der Waals surface area contributed by atoms with E-state index >= 15 is 0 Å². The first kappa shape index (κ1) is 42.5. The molecule has 1 saturated heterocycles. The first-order valence-corrected chi connectivity index (χ1v) is 19.7. The van der Waals surface area contributed by atoms with Crippen molar-refractivity contribution in [2.75, 3.05) is 13.7 Å². The van der Waals surface area contributed by atoms with Crippen LogP contribution < -0.4 is 0 Å². The van der Waals surface area contributed by atoms with E-state index in [9.17, 15) is 35.1 Å². The largest absolute Gasteiger partial charge is 0.463 e. The van der Waals surface area contributed by atoms with Gasteiger partial charge in [-0.1, -0.05) is 53.2 Å². The van der Waals surface area contributed by atoms with E-state index in [1.54, 1.807) is 13.8 Å². The third-order valence-corrected chi connectivity index (χ3v) is 15.3. The van der Waals surface area contributed by atoms with Crippen LogP contribution in [0.4, 0.5) is 0 Å². The van der Waals surface area contributed by atoms with Crippen LogP contribution in [-0.4, -0.2) is 112 Å². The first-order valence-electron chi connectivity index (χ1n) is 19.7. The molecular formula is C41H68O12. The number of rotatable bonds is 11.